The highest BCUT2D eigenvalue weighted by atomic mass is 16.5. The minimum absolute atomic E-state index is 0.642. The van der Waals surface area contributed by atoms with Crippen LogP contribution in [0.25, 0.3) is 0 Å². The second-order valence-corrected chi connectivity index (χ2v) is 4.93. The Labute approximate surface area is 97.0 Å². The molecule has 0 aromatic heterocycles. The van der Waals surface area contributed by atoms with E-state index >= 15 is 0 Å². The Hall–Kier alpha value is -1.02. The fraction of sp³-hybridized carbons (Fsp3) is 0.571. The van der Waals surface area contributed by atoms with Crippen molar-refractivity contribution in [3.8, 4) is 5.75 Å². The first-order chi connectivity index (χ1) is 7.86. The zero-order valence-corrected chi connectivity index (χ0v) is 9.94. The summed E-state index contributed by atoms with van der Waals surface area (Å²) in [6.07, 6.45) is 1.25. The Kier molecular flexibility index (Phi) is 2.40. The molecule has 4 unspecified atom stereocenters. The molecule has 1 aromatic rings. The van der Waals surface area contributed by atoms with Gasteiger partial charge in [0, 0.05) is 12.0 Å². The molecule has 1 aliphatic heterocycles. The zero-order valence-electron chi connectivity index (χ0n) is 9.94. The predicted molar refractivity (Wildman–Crippen MR) is 64.8 cm³/mol. The van der Waals surface area contributed by atoms with Gasteiger partial charge < -0.3 is 10.1 Å². The third-order valence-electron chi connectivity index (χ3n) is 4.36. The first kappa shape index (κ1) is 10.2. The second kappa shape index (κ2) is 3.77. The third kappa shape index (κ3) is 1.23. The number of hydrogen-bond acceptors (Lipinski definition) is 2. The van der Waals surface area contributed by atoms with Gasteiger partial charge in [0.15, 0.2) is 0 Å². The van der Waals surface area contributed by atoms with Crippen molar-refractivity contribution in [2.24, 2.45) is 11.8 Å². The van der Waals surface area contributed by atoms with Crippen LogP contribution in [0.1, 0.15) is 24.8 Å². The topological polar surface area (TPSA) is 21.3 Å². The summed E-state index contributed by atoms with van der Waals surface area (Å²) in [5.74, 6) is 3.27. The Bertz CT molecular complexity index is 390. The summed E-state index contributed by atoms with van der Waals surface area (Å²) in [5.41, 5.74) is 1.43. The summed E-state index contributed by atoms with van der Waals surface area (Å²) in [7, 11) is 2.07. The smallest absolute Gasteiger partial charge is 0.122 e. The van der Waals surface area contributed by atoms with Gasteiger partial charge in [-0.05, 0) is 30.5 Å². The molecule has 2 aliphatic rings. The molecule has 4 atom stereocenters. The zero-order chi connectivity index (χ0) is 11.1. The number of hydrogen-bond donors (Lipinski definition) is 1. The van der Waals surface area contributed by atoms with E-state index in [0.717, 1.165) is 18.3 Å². The molecule has 0 amide bonds. The van der Waals surface area contributed by atoms with Crippen molar-refractivity contribution in [3.05, 3.63) is 29.8 Å². The third-order valence-corrected chi connectivity index (χ3v) is 4.36. The molecule has 1 fully saturated rings. The van der Waals surface area contributed by atoms with Crippen LogP contribution < -0.4 is 10.1 Å². The summed E-state index contributed by atoms with van der Waals surface area (Å²) in [5, 5.41) is 3.45. The maximum Gasteiger partial charge on any atom is 0.122 e. The van der Waals surface area contributed by atoms with Crippen LogP contribution in [-0.2, 0) is 0 Å². The monoisotopic (exact) mass is 217 g/mol. The molecule has 1 aromatic carbocycles. The highest BCUT2D eigenvalue weighted by molar-refractivity contribution is 5.41. The quantitative estimate of drug-likeness (QED) is 0.821. The maximum atomic E-state index is 5.84. The van der Waals surface area contributed by atoms with Gasteiger partial charge in [-0.15, -0.1) is 0 Å². The lowest BCUT2D eigenvalue weighted by Gasteiger charge is -2.54. The minimum Gasteiger partial charge on any atom is -0.493 e. The Morgan fingerprint density at radius 1 is 1.38 bits per heavy atom. The highest BCUT2D eigenvalue weighted by Crippen LogP contribution is 2.54. The van der Waals surface area contributed by atoms with Gasteiger partial charge in [0.05, 0.1) is 6.61 Å². The van der Waals surface area contributed by atoms with Crippen molar-refractivity contribution in [1.82, 2.24) is 5.32 Å². The van der Waals surface area contributed by atoms with Crippen molar-refractivity contribution in [2.75, 3.05) is 13.7 Å². The molecule has 3 rings (SSSR count). The van der Waals surface area contributed by atoms with Gasteiger partial charge in [-0.2, -0.15) is 0 Å². The molecule has 0 radical (unpaired) electrons. The lowest BCUT2D eigenvalue weighted by atomic mass is 9.56. The molecule has 0 saturated heterocycles. The molecule has 2 nitrogen and oxygen atoms in total. The second-order valence-electron chi connectivity index (χ2n) is 4.93. The first-order valence-electron chi connectivity index (χ1n) is 6.25. The predicted octanol–water partition coefficient (Wildman–Crippen LogP) is 2.41. The van der Waals surface area contributed by atoms with Crippen molar-refractivity contribution in [3.63, 3.8) is 0 Å². The SMILES string of the molecule is CCC1C(NC)C2COc3ccccc3C12. The van der Waals surface area contributed by atoms with E-state index in [-0.39, 0.29) is 0 Å². The van der Waals surface area contributed by atoms with E-state index in [1.54, 1.807) is 0 Å². The first-order valence-corrected chi connectivity index (χ1v) is 6.25. The van der Waals surface area contributed by atoms with Crippen LogP contribution >= 0.6 is 0 Å². The van der Waals surface area contributed by atoms with E-state index < -0.39 is 0 Å². The van der Waals surface area contributed by atoms with E-state index in [1.807, 2.05) is 0 Å². The van der Waals surface area contributed by atoms with Gasteiger partial charge in [0.1, 0.15) is 5.75 Å². The molecule has 1 aliphatic carbocycles. The van der Waals surface area contributed by atoms with Gasteiger partial charge in [0.2, 0.25) is 0 Å². The average molecular weight is 217 g/mol. The molecule has 86 valence electrons. The average Bonchev–Trinajstić information content (AvgIpc) is 2.30. The van der Waals surface area contributed by atoms with Crippen LogP contribution in [-0.4, -0.2) is 19.7 Å². The molecule has 0 bridgehead atoms. The van der Waals surface area contributed by atoms with Crippen LogP contribution in [0.2, 0.25) is 0 Å². The molecule has 1 heterocycles. The molecular weight excluding hydrogens is 198 g/mol. The van der Waals surface area contributed by atoms with Gasteiger partial charge in [0.25, 0.3) is 0 Å². The molecule has 2 heteroatoms. The molecule has 0 spiro atoms. The summed E-state index contributed by atoms with van der Waals surface area (Å²) < 4.78 is 5.84. The Morgan fingerprint density at radius 3 is 2.94 bits per heavy atom. The summed E-state index contributed by atoms with van der Waals surface area (Å²) >= 11 is 0. The number of ether oxygens (including phenoxy) is 1. The van der Waals surface area contributed by atoms with E-state index in [4.69, 9.17) is 4.74 Å². The Balaban J connectivity index is 1.95. The Morgan fingerprint density at radius 2 is 2.19 bits per heavy atom. The lowest BCUT2D eigenvalue weighted by molar-refractivity contribution is 0.0129. The van der Waals surface area contributed by atoms with Gasteiger partial charge in [-0.3, -0.25) is 0 Å². The van der Waals surface area contributed by atoms with E-state index in [9.17, 15) is 0 Å². The van der Waals surface area contributed by atoms with Crippen molar-refractivity contribution < 1.29 is 4.74 Å². The minimum atomic E-state index is 0.642. The van der Waals surface area contributed by atoms with E-state index in [1.165, 1.54) is 12.0 Å². The molecule has 16 heavy (non-hydrogen) atoms. The molecule has 1 N–H and O–H groups in total. The number of fused-ring (bicyclic) bond motifs is 3. The summed E-state index contributed by atoms with van der Waals surface area (Å²) in [6, 6.07) is 9.17. The fourth-order valence-electron chi connectivity index (χ4n) is 3.61. The van der Waals surface area contributed by atoms with E-state index in [0.29, 0.717) is 17.9 Å². The number of benzene rings is 1. The standard InChI is InChI=1S/C14H19NO/c1-3-9-13-10-6-4-5-7-12(10)16-8-11(13)14(9)15-2/h4-7,9,11,13-15H,3,8H2,1-2H3. The largest absolute Gasteiger partial charge is 0.493 e. The number of nitrogens with one attached hydrogen (secondary N) is 1. The van der Waals surface area contributed by atoms with E-state index in [2.05, 4.69) is 43.6 Å². The van der Waals surface area contributed by atoms with Gasteiger partial charge in [-0.1, -0.05) is 31.5 Å². The van der Waals surface area contributed by atoms with Crippen molar-refractivity contribution >= 4 is 0 Å². The normalized spacial score (nSPS) is 35.6. The highest BCUT2D eigenvalue weighted by Gasteiger charge is 2.52. The fourth-order valence-corrected chi connectivity index (χ4v) is 3.61. The number of rotatable bonds is 2. The molecule has 1 saturated carbocycles. The lowest BCUT2D eigenvalue weighted by Crippen LogP contribution is -2.59. The van der Waals surface area contributed by atoms with Crippen molar-refractivity contribution in [2.45, 2.75) is 25.3 Å². The van der Waals surface area contributed by atoms with Crippen molar-refractivity contribution in [1.29, 1.82) is 0 Å². The van der Waals surface area contributed by atoms with Crippen LogP contribution in [0.15, 0.2) is 24.3 Å². The van der Waals surface area contributed by atoms with Gasteiger partial charge in [-0.25, -0.2) is 0 Å². The van der Waals surface area contributed by atoms with Crippen LogP contribution in [0, 0.1) is 11.8 Å². The molecular formula is C14H19NO. The van der Waals surface area contributed by atoms with Crippen LogP contribution in [0.5, 0.6) is 5.75 Å². The van der Waals surface area contributed by atoms with Gasteiger partial charge >= 0.3 is 0 Å². The van der Waals surface area contributed by atoms with Crippen LogP contribution in [0.4, 0.5) is 0 Å². The summed E-state index contributed by atoms with van der Waals surface area (Å²) in [6.45, 7) is 3.17. The van der Waals surface area contributed by atoms with Crippen LogP contribution in [0.3, 0.4) is 0 Å². The summed E-state index contributed by atoms with van der Waals surface area (Å²) in [4.78, 5) is 0. The number of para-hydroxylation sites is 1. The maximum absolute atomic E-state index is 5.84.